The number of aromatic nitrogens is 1. The first-order valence-electron chi connectivity index (χ1n) is 7.15. The molecule has 0 radical (unpaired) electrons. The number of alkyl carbamates (subject to hydrolysis) is 1. The van der Waals surface area contributed by atoms with Crippen LogP contribution in [0.2, 0.25) is 0 Å². The minimum Gasteiger partial charge on any atom is -0.444 e. The van der Waals surface area contributed by atoms with E-state index in [-0.39, 0.29) is 11.6 Å². The van der Waals surface area contributed by atoms with E-state index in [0.717, 1.165) is 5.69 Å². The first kappa shape index (κ1) is 17.1. The Morgan fingerprint density at radius 3 is 2.62 bits per heavy atom. The molecular weight excluding hydrogens is 270 g/mol. The maximum atomic E-state index is 11.6. The van der Waals surface area contributed by atoms with Gasteiger partial charge in [0.25, 0.3) is 5.56 Å². The van der Waals surface area contributed by atoms with E-state index >= 15 is 0 Å². The highest BCUT2D eigenvalue weighted by atomic mass is 16.6. The fraction of sp³-hybridized carbons (Fsp3) is 0.600. The monoisotopic (exact) mass is 295 g/mol. The van der Waals surface area contributed by atoms with Gasteiger partial charge in [-0.3, -0.25) is 4.79 Å². The molecule has 1 unspecified atom stereocenters. The topological polar surface area (TPSA) is 72.4 Å². The van der Waals surface area contributed by atoms with Gasteiger partial charge in [-0.1, -0.05) is 0 Å². The van der Waals surface area contributed by atoms with Gasteiger partial charge in [0, 0.05) is 31.4 Å². The van der Waals surface area contributed by atoms with Crippen molar-refractivity contribution in [2.75, 3.05) is 11.9 Å². The molecule has 1 aromatic heterocycles. The summed E-state index contributed by atoms with van der Waals surface area (Å²) in [4.78, 5) is 23.1. The van der Waals surface area contributed by atoms with Crippen LogP contribution in [-0.4, -0.2) is 28.8 Å². The highest BCUT2D eigenvalue weighted by Gasteiger charge is 2.16. The number of ether oxygens (including phenoxy) is 1. The van der Waals surface area contributed by atoms with Gasteiger partial charge in [0.2, 0.25) is 0 Å². The van der Waals surface area contributed by atoms with E-state index in [1.165, 1.54) is 6.07 Å². The molecule has 1 amide bonds. The quantitative estimate of drug-likeness (QED) is 0.873. The summed E-state index contributed by atoms with van der Waals surface area (Å²) in [7, 11) is 0. The van der Waals surface area contributed by atoms with Crippen LogP contribution in [0.25, 0.3) is 0 Å². The number of hydrogen-bond donors (Lipinski definition) is 2. The van der Waals surface area contributed by atoms with Crippen molar-refractivity contribution in [2.24, 2.45) is 0 Å². The van der Waals surface area contributed by atoms with Gasteiger partial charge in [0.1, 0.15) is 5.60 Å². The van der Waals surface area contributed by atoms with Crippen molar-refractivity contribution in [1.82, 2.24) is 9.88 Å². The normalized spacial score (nSPS) is 12.6. The fourth-order valence-electron chi connectivity index (χ4n) is 1.75. The van der Waals surface area contributed by atoms with Crippen LogP contribution in [0.1, 0.15) is 34.6 Å². The number of hydrogen-bond acceptors (Lipinski definition) is 4. The van der Waals surface area contributed by atoms with Crippen LogP contribution in [0.4, 0.5) is 10.5 Å². The molecule has 0 saturated carbocycles. The molecule has 6 heteroatoms. The molecule has 0 aliphatic heterocycles. The number of rotatable bonds is 5. The molecule has 21 heavy (non-hydrogen) atoms. The predicted molar refractivity (Wildman–Crippen MR) is 83.7 cm³/mol. The Morgan fingerprint density at radius 2 is 2.05 bits per heavy atom. The summed E-state index contributed by atoms with van der Waals surface area (Å²) in [6, 6.07) is 3.28. The van der Waals surface area contributed by atoms with Crippen molar-refractivity contribution in [3.05, 3.63) is 28.7 Å². The van der Waals surface area contributed by atoms with Crippen molar-refractivity contribution in [1.29, 1.82) is 0 Å². The maximum Gasteiger partial charge on any atom is 0.407 e. The Labute approximate surface area is 125 Å². The second-order valence-electron chi connectivity index (χ2n) is 5.97. The highest BCUT2D eigenvalue weighted by molar-refractivity contribution is 5.67. The Kier molecular flexibility index (Phi) is 5.81. The van der Waals surface area contributed by atoms with Gasteiger partial charge < -0.3 is 19.9 Å². The smallest absolute Gasteiger partial charge is 0.407 e. The lowest BCUT2D eigenvalue weighted by atomic mass is 10.2. The minimum absolute atomic E-state index is 0.0142. The first-order valence-corrected chi connectivity index (χ1v) is 7.15. The van der Waals surface area contributed by atoms with Crippen LogP contribution in [0.3, 0.4) is 0 Å². The summed E-state index contributed by atoms with van der Waals surface area (Å²) in [5.74, 6) is 0. The summed E-state index contributed by atoms with van der Waals surface area (Å²) < 4.78 is 6.79. The second kappa shape index (κ2) is 7.15. The molecule has 0 spiro atoms. The molecule has 2 N–H and O–H groups in total. The molecular formula is C15H25N3O3. The summed E-state index contributed by atoms with van der Waals surface area (Å²) in [5, 5.41) is 5.94. The molecule has 0 bridgehead atoms. The second-order valence-corrected chi connectivity index (χ2v) is 5.97. The van der Waals surface area contributed by atoms with Crippen molar-refractivity contribution in [3.8, 4) is 0 Å². The summed E-state index contributed by atoms with van der Waals surface area (Å²) in [6.45, 7) is 10.4. The lowest BCUT2D eigenvalue weighted by Crippen LogP contribution is -2.38. The van der Waals surface area contributed by atoms with Gasteiger partial charge in [-0.2, -0.15) is 0 Å². The average molecular weight is 295 g/mol. The zero-order chi connectivity index (χ0) is 16.0. The molecule has 0 fully saturated rings. The zero-order valence-corrected chi connectivity index (χ0v) is 13.4. The highest BCUT2D eigenvalue weighted by Crippen LogP contribution is 2.07. The van der Waals surface area contributed by atoms with E-state index in [1.807, 2.05) is 34.6 Å². The number of carbonyl (C=O) groups is 1. The number of carbonyl (C=O) groups excluding carboxylic acids is 1. The lowest BCUT2D eigenvalue weighted by Gasteiger charge is -2.21. The molecule has 6 nitrogen and oxygen atoms in total. The van der Waals surface area contributed by atoms with Crippen LogP contribution < -0.4 is 16.2 Å². The molecule has 118 valence electrons. The minimum atomic E-state index is -0.503. The summed E-state index contributed by atoms with van der Waals surface area (Å²) in [6.07, 6.45) is 1.33. The van der Waals surface area contributed by atoms with E-state index in [1.54, 1.807) is 16.8 Å². The van der Waals surface area contributed by atoms with Gasteiger partial charge in [-0.25, -0.2) is 4.79 Å². The molecule has 0 aliphatic rings. The summed E-state index contributed by atoms with van der Waals surface area (Å²) >= 11 is 0. The third-order valence-corrected chi connectivity index (χ3v) is 2.69. The third kappa shape index (κ3) is 6.33. The molecule has 1 heterocycles. The van der Waals surface area contributed by atoms with Crippen molar-refractivity contribution < 1.29 is 9.53 Å². The number of aryl methyl sites for hydroxylation is 1. The molecule has 1 rings (SSSR count). The van der Waals surface area contributed by atoms with Crippen molar-refractivity contribution >= 4 is 11.8 Å². The Bertz CT molecular complexity index is 532. The Morgan fingerprint density at radius 1 is 1.38 bits per heavy atom. The van der Waals surface area contributed by atoms with Crippen LogP contribution in [0.15, 0.2) is 23.1 Å². The number of nitrogens with zero attached hydrogens (tertiary/aromatic N) is 1. The van der Waals surface area contributed by atoms with E-state index in [4.69, 9.17) is 4.74 Å². The van der Waals surface area contributed by atoms with E-state index in [0.29, 0.717) is 13.1 Å². The summed E-state index contributed by atoms with van der Waals surface area (Å²) in [5.41, 5.74) is 0.315. The first-order chi connectivity index (χ1) is 9.71. The largest absolute Gasteiger partial charge is 0.444 e. The van der Waals surface area contributed by atoms with Crippen LogP contribution in [0.5, 0.6) is 0 Å². The number of nitrogens with one attached hydrogen (secondary N) is 2. The van der Waals surface area contributed by atoms with Gasteiger partial charge in [0.15, 0.2) is 0 Å². The van der Waals surface area contributed by atoms with Gasteiger partial charge >= 0.3 is 6.09 Å². The molecule has 1 aromatic rings. The Hall–Kier alpha value is -1.98. The molecule has 0 aromatic carbocycles. The molecule has 0 aliphatic carbocycles. The number of anilines is 1. The standard InChI is InChI=1S/C15H25N3O3/c1-6-18-10-12(7-8-13(18)19)17-11(2)9-16-14(20)21-15(3,4)5/h7-8,10-11,17H,6,9H2,1-5H3,(H,16,20). The zero-order valence-electron chi connectivity index (χ0n) is 13.4. The molecule has 1 atom stereocenters. The Balaban J connectivity index is 2.49. The van der Waals surface area contributed by atoms with Gasteiger partial charge in [-0.15, -0.1) is 0 Å². The molecule has 0 saturated heterocycles. The van der Waals surface area contributed by atoms with E-state index < -0.39 is 11.7 Å². The van der Waals surface area contributed by atoms with E-state index in [9.17, 15) is 9.59 Å². The maximum absolute atomic E-state index is 11.6. The van der Waals surface area contributed by atoms with Crippen molar-refractivity contribution in [3.63, 3.8) is 0 Å². The fourth-order valence-corrected chi connectivity index (χ4v) is 1.75. The van der Waals surface area contributed by atoms with Gasteiger partial charge in [-0.05, 0) is 40.7 Å². The van der Waals surface area contributed by atoms with Crippen molar-refractivity contribution in [2.45, 2.75) is 52.8 Å². The lowest BCUT2D eigenvalue weighted by molar-refractivity contribution is 0.0526. The van der Waals surface area contributed by atoms with Crippen LogP contribution >= 0.6 is 0 Å². The van der Waals surface area contributed by atoms with Crippen LogP contribution in [0, 0.1) is 0 Å². The van der Waals surface area contributed by atoms with E-state index in [2.05, 4.69) is 10.6 Å². The number of amides is 1. The number of pyridine rings is 1. The predicted octanol–water partition coefficient (Wildman–Crippen LogP) is 2.19. The van der Waals surface area contributed by atoms with Crippen LogP contribution in [-0.2, 0) is 11.3 Å². The average Bonchev–Trinajstić information content (AvgIpc) is 2.36. The third-order valence-electron chi connectivity index (χ3n) is 2.69. The SMILES string of the molecule is CCn1cc(NC(C)CNC(=O)OC(C)(C)C)ccc1=O. The van der Waals surface area contributed by atoms with Gasteiger partial charge in [0.05, 0.1) is 5.69 Å².